The number of halogens is 1. The Morgan fingerprint density at radius 1 is 0.833 bits per heavy atom. The van der Waals surface area contributed by atoms with Gasteiger partial charge in [0, 0.05) is 16.9 Å². The van der Waals surface area contributed by atoms with Crippen molar-refractivity contribution < 1.29 is 17.6 Å². The normalized spacial score (nSPS) is 11.2. The summed E-state index contributed by atoms with van der Waals surface area (Å²) < 4.78 is 40.9. The molecule has 1 amide bonds. The van der Waals surface area contributed by atoms with Crippen LogP contribution in [0.4, 0.5) is 15.8 Å². The van der Waals surface area contributed by atoms with Gasteiger partial charge in [0.15, 0.2) is 0 Å². The molecule has 7 heteroatoms. The fourth-order valence-corrected chi connectivity index (χ4v) is 4.39. The average molecular weight is 427 g/mol. The summed E-state index contributed by atoms with van der Waals surface area (Å²) in [7, 11) is -3.87. The first kappa shape index (κ1) is 21.5. The summed E-state index contributed by atoms with van der Waals surface area (Å²) in [5, 5.41) is 2.91. The molecule has 3 aromatic carbocycles. The van der Waals surface area contributed by atoms with Gasteiger partial charge in [0.05, 0.1) is 4.90 Å². The summed E-state index contributed by atoms with van der Waals surface area (Å²) in [6.45, 7) is 7.37. The molecule has 0 spiro atoms. The number of sulfonamides is 1. The second-order valence-corrected chi connectivity index (χ2v) is 9.00. The number of amides is 1. The number of hydrogen-bond donors (Lipinski definition) is 2. The number of aryl methyl sites for hydroxylation is 4. The fraction of sp³-hybridized carbons (Fsp3) is 0.174. The van der Waals surface area contributed by atoms with Gasteiger partial charge in [0.2, 0.25) is 0 Å². The van der Waals surface area contributed by atoms with Crippen LogP contribution in [0.1, 0.15) is 32.6 Å². The van der Waals surface area contributed by atoms with Gasteiger partial charge in [-0.2, -0.15) is 0 Å². The van der Waals surface area contributed by atoms with Crippen molar-refractivity contribution in [3.05, 3.63) is 88.2 Å². The molecular formula is C23H23FN2O3S. The third kappa shape index (κ3) is 4.68. The third-order valence-corrected chi connectivity index (χ3v) is 6.13. The first-order valence-electron chi connectivity index (χ1n) is 9.35. The van der Waals surface area contributed by atoms with Gasteiger partial charge < -0.3 is 5.32 Å². The Bertz CT molecular complexity index is 1200. The van der Waals surface area contributed by atoms with E-state index < -0.39 is 15.8 Å². The van der Waals surface area contributed by atoms with E-state index in [2.05, 4.69) is 10.0 Å². The highest BCUT2D eigenvalue weighted by atomic mass is 32.2. The predicted molar refractivity (Wildman–Crippen MR) is 117 cm³/mol. The number of carbonyl (C=O) groups excluding carboxylic acids is 1. The highest BCUT2D eigenvalue weighted by Gasteiger charge is 2.16. The Kier molecular flexibility index (Phi) is 5.94. The predicted octanol–water partition coefficient (Wildman–Crippen LogP) is 5.11. The van der Waals surface area contributed by atoms with Crippen molar-refractivity contribution in [1.82, 2.24) is 0 Å². The average Bonchev–Trinajstić information content (AvgIpc) is 2.66. The molecule has 0 aliphatic carbocycles. The summed E-state index contributed by atoms with van der Waals surface area (Å²) in [6.07, 6.45) is 0. The second-order valence-electron chi connectivity index (χ2n) is 7.32. The summed E-state index contributed by atoms with van der Waals surface area (Å²) in [4.78, 5) is 12.6. The van der Waals surface area contributed by atoms with E-state index in [4.69, 9.17) is 0 Å². The van der Waals surface area contributed by atoms with Gasteiger partial charge in [-0.25, -0.2) is 12.8 Å². The maximum Gasteiger partial charge on any atom is 0.261 e. The van der Waals surface area contributed by atoms with E-state index in [1.165, 1.54) is 31.2 Å². The smallest absolute Gasteiger partial charge is 0.261 e. The number of benzene rings is 3. The van der Waals surface area contributed by atoms with Crippen molar-refractivity contribution in [3.8, 4) is 0 Å². The second kappa shape index (κ2) is 8.28. The van der Waals surface area contributed by atoms with Crippen LogP contribution in [0, 0.1) is 33.5 Å². The fourth-order valence-electron chi connectivity index (χ4n) is 3.25. The minimum absolute atomic E-state index is 0.0338. The molecule has 0 aliphatic heterocycles. The summed E-state index contributed by atoms with van der Waals surface area (Å²) in [5.41, 5.74) is 4.77. The van der Waals surface area contributed by atoms with Crippen LogP contribution in [0.3, 0.4) is 0 Å². The zero-order valence-electron chi connectivity index (χ0n) is 17.2. The molecule has 0 saturated carbocycles. The molecule has 3 rings (SSSR count). The molecule has 0 aromatic heterocycles. The van der Waals surface area contributed by atoms with Crippen LogP contribution in [0.2, 0.25) is 0 Å². The van der Waals surface area contributed by atoms with Crippen molar-refractivity contribution in [2.24, 2.45) is 0 Å². The van der Waals surface area contributed by atoms with Crippen LogP contribution < -0.4 is 10.0 Å². The maximum absolute atomic E-state index is 13.4. The highest BCUT2D eigenvalue weighted by Crippen LogP contribution is 2.23. The van der Waals surface area contributed by atoms with Gasteiger partial charge in [-0.15, -0.1) is 0 Å². The van der Waals surface area contributed by atoms with Crippen LogP contribution in [0.15, 0.2) is 59.5 Å². The molecule has 156 valence electrons. The summed E-state index contributed by atoms with van der Waals surface area (Å²) in [5.74, 6) is -0.753. The van der Waals surface area contributed by atoms with Crippen LogP contribution in [0.25, 0.3) is 0 Å². The molecular weight excluding hydrogens is 403 g/mol. The largest absolute Gasteiger partial charge is 0.322 e. The molecule has 5 nitrogen and oxygen atoms in total. The lowest BCUT2D eigenvalue weighted by Crippen LogP contribution is -2.15. The molecule has 2 N–H and O–H groups in total. The molecule has 0 fully saturated rings. The number of nitrogens with one attached hydrogen (secondary N) is 2. The molecule has 0 saturated heterocycles. The molecule has 0 bridgehead atoms. The van der Waals surface area contributed by atoms with Crippen LogP contribution in [0.5, 0.6) is 0 Å². The van der Waals surface area contributed by atoms with E-state index in [9.17, 15) is 17.6 Å². The number of rotatable bonds is 5. The van der Waals surface area contributed by atoms with E-state index in [1.54, 1.807) is 12.1 Å². The van der Waals surface area contributed by atoms with Crippen molar-refractivity contribution in [1.29, 1.82) is 0 Å². The highest BCUT2D eigenvalue weighted by molar-refractivity contribution is 7.92. The topological polar surface area (TPSA) is 75.3 Å². The summed E-state index contributed by atoms with van der Waals surface area (Å²) in [6, 6.07) is 13.7. The van der Waals surface area contributed by atoms with Crippen LogP contribution >= 0.6 is 0 Å². The van der Waals surface area contributed by atoms with Crippen LogP contribution in [-0.2, 0) is 10.0 Å². The molecule has 30 heavy (non-hydrogen) atoms. The third-order valence-electron chi connectivity index (χ3n) is 4.75. The van der Waals surface area contributed by atoms with Crippen molar-refractivity contribution in [2.45, 2.75) is 32.6 Å². The summed E-state index contributed by atoms with van der Waals surface area (Å²) >= 11 is 0. The number of anilines is 2. The zero-order chi connectivity index (χ0) is 22.1. The standard InChI is InChI=1S/C23H23FN2O3S/c1-14-11-16(3)22(17(4)12-14)25-23(27)18-5-7-19(8-6-18)26-30(28,29)20-9-10-21(24)15(2)13-20/h5-13,26H,1-4H3,(H,25,27). The van der Waals surface area contributed by atoms with E-state index in [0.717, 1.165) is 28.4 Å². The van der Waals surface area contributed by atoms with Crippen LogP contribution in [-0.4, -0.2) is 14.3 Å². The minimum atomic E-state index is -3.87. The number of hydrogen-bond acceptors (Lipinski definition) is 3. The SMILES string of the molecule is Cc1cc(C)c(NC(=O)c2ccc(NS(=O)(=O)c3ccc(F)c(C)c3)cc2)c(C)c1. The Labute approximate surface area is 176 Å². The Morgan fingerprint density at radius 2 is 1.43 bits per heavy atom. The Morgan fingerprint density at radius 3 is 2.00 bits per heavy atom. The monoisotopic (exact) mass is 426 g/mol. The van der Waals surface area contributed by atoms with Crippen molar-refractivity contribution in [3.63, 3.8) is 0 Å². The van der Waals surface area contributed by atoms with E-state index in [0.29, 0.717) is 11.3 Å². The molecule has 0 unspecified atom stereocenters. The molecule has 3 aromatic rings. The van der Waals surface area contributed by atoms with Gasteiger partial charge >= 0.3 is 0 Å². The van der Waals surface area contributed by atoms with Gasteiger partial charge in [-0.05, 0) is 86.8 Å². The minimum Gasteiger partial charge on any atom is -0.322 e. The number of carbonyl (C=O) groups is 1. The van der Waals surface area contributed by atoms with E-state index in [1.807, 2.05) is 32.9 Å². The lowest BCUT2D eigenvalue weighted by molar-refractivity contribution is 0.102. The Hall–Kier alpha value is -3.19. The van der Waals surface area contributed by atoms with Crippen molar-refractivity contribution >= 4 is 27.3 Å². The van der Waals surface area contributed by atoms with Gasteiger partial charge in [-0.3, -0.25) is 9.52 Å². The van der Waals surface area contributed by atoms with Gasteiger partial charge in [-0.1, -0.05) is 17.7 Å². The lowest BCUT2D eigenvalue weighted by Gasteiger charge is -2.13. The quantitative estimate of drug-likeness (QED) is 0.595. The Balaban J connectivity index is 1.76. The zero-order valence-corrected chi connectivity index (χ0v) is 18.0. The van der Waals surface area contributed by atoms with Gasteiger partial charge in [0.1, 0.15) is 5.82 Å². The maximum atomic E-state index is 13.4. The first-order chi connectivity index (χ1) is 14.1. The molecule has 0 atom stereocenters. The van der Waals surface area contributed by atoms with E-state index >= 15 is 0 Å². The van der Waals surface area contributed by atoms with Gasteiger partial charge in [0.25, 0.3) is 15.9 Å². The first-order valence-corrected chi connectivity index (χ1v) is 10.8. The molecule has 0 radical (unpaired) electrons. The molecule has 0 heterocycles. The van der Waals surface area contributed by atoms with E-state index in [-0.39, 0.29) is 16.4 Å². The van der Waals surface area contributed by atoms with Crippen molar-refractivity contribution in [2.75, 3.05) is 10.0 Å². The lowest BCUT2D eigenvalue weighted by atomic mass is 10.0. The molecule has 0 aliphatic rings.